The lowest BCUT2D eigenvalue weighted by Gasteiger charge is -2.12. The maximum absolute atomic E-state index is 13.0. The van der Waals surface area contributed by atoms with Gasteiger partial charge in [0.25, 0.3) is 0 Å². The summed E-state index contributed by atoms with van der Waals surface area (Å²) in [4.78, 5) is 46.8. The molecule has 148 valence electrons. The van der Waals surface area contributed by atoms with Crippen molar-refractivity contribution >= 4 is 39.8 Å². The molecule has 28 heavy (non-hydrogen) atoms. The van der Waals surface area contributed by atoms with E-state index in [9.17, 15) is 14.4 Å². The molecule has 0 radical (unpaired) electrons. The number of rotatable bonds is 7. The maximum atomic E-state index is 13.0. The molecule has 1 aliphatic rings. The first kappa shape index (κ1) is 20.1. The molecule has 3 N–H and O–H groups in total. The van der Waals surface area contributed by atoms with Gasteiger partial charge in [-0.15, -0.1) is 0 Å². The second-order valence-corrected chi connectivity index (χ2v) is 7.51. The number of nitrogens with one attached hydrogen (secondary N) is 3. The minimum Gasteiger partial charge on any atom is -0.370 e. The van der Waals surface area contributed by atoms with Crippen LogP contribution in [0.25, 0.3) is 0 Å². The van der Waals surface area contributed by atoms with E-state index < -0.39 is 5.92 Å². The topological polar surface area (TPSA) is 113 Å². The highest BCUT2D eigenvalue weighted by atomic mass is 32.1. The number of amides is 1. The van der Waals surface area contributed by atoms with E-state index in [-0.39, 0.29) is 24.0 Å². The van der Waals surface area contributed by atoms with Crippen LogP contribution in [0.5, 0.6) is 0 Å². The van der Waals surface area contributed by atoms with Crippen molar-refractivity contribution in [2.45, 2.75) is 26.2 Å². The fourth-order valence-corrected chi connectivity index (χ4v) is 4.15. The van der Waals surface area contributed by atoms with Gasteiger partial charge in [0.1, 0.15) is 5.82 Å². The fraction of sp³-hybridized carbons (Fsp3) is 0.421. The number of carbonyl (C=O) groups excluding carboxylic acids is 3. The van der Waals surface area contributed by atoms with E-state index in [0.717, 1.165) is 17.9 Å². The molecule has 2 aromatic heterocycles. The van der Waals surface area contributed by atoms with Crippen LogP contribution in [0.4, 0.5) is 10.9 Å². The summed E-state index contributed by atoms with van der Waals surface area (Å²) in [5.74, 6) is -0.715. The highest BCUT2D eigenvalue weighted by Crippen LogP contribution is 2.32. The van der Waals surface area contributed by atoms with Gasteiger partial charge in [-0.05, 0) is 45.4 Å². The summed E-state index contributed by atoms with van der Waals surface area (Å²) in [5.41, 5.74) is 1.08. The molecule has 1 atom stereocenters. The molecule has 1 amide bonds. The predicted molar refractivity (Wildman–Crippen MR) is 108 cm³/mol. The molecular formula is C19H23N5O3S. The van der Waals surface area contributed by atoms with Crippen LogP contribution in [-0.4, -0.2) is 47.6 Å². The first-order valence-electron chi connectivity index (χ1n) is 9.26. The second kappa shape index (κ2) is 9.03. The summed E-state index contributed by atoms with van der Waals surface area (Å²) >= 11 is 1.14. The lowest BCUT2D eigenvalue weighted by atomic mass is 9.91. The Kier molecular flexibility index (Phi) is 6.48. The molecular weight excluding hydrogens is 378 g/mol. The number of Topliss-reactive ketones (excluding diaryl/α,β-unsaturated/α-hetero) is 2. The van der Waals surface area contributed by atoms with Crippen LogP contribution >= 0.6 is 11.3 Å². The molecule has 0 aromatic carbocycles. The summed E-state index contributed by atoms with van der Waals surface area (Å²) in [7, 11) is 1.68. The van der Waals surface area contributed by atoms with Gasteiger partial charge in [-0.3, -0.25) is 14.4 Å². The lowest BCUT2D eigenvalue weighted by Crippen LogP contribution is -2.25. The molecule has 0 aliphatic heterocycles. The maximum Gasteiger partial charge on any atom is 0.240 e. The molecule has 0 saturated heterocycles. The Bertz CT molecular complexity index is 878. The average Bonchev–Trinajstić information content (AvgIpc) is 3.01. The molecule has 0 saturated carbocycles. The van der Waals surface area contributed by atoms with E-state index in [4.69, 9.17) is 0 Å². The van der Waals surface area contributed by atoms with Gasteiger partial charge in [-0.25, -0.2) is 9.97 Å². The van der Waals surface area contributed by atoms with Gasteiger partial charge < -0.3 is 16.0 Å². The molecule has 3 rings (SSSR count). The predicted octanol–water partition coefficient (Wildman–Crippen LogP) is 2.15. The van der Waals surface area contributed by atoms with E-state index in [2.05, 4.69) is 25.9 Å². The molecule has 0 fully saturated rings. The molecule has 9 heteroatoms. The van der Waals surface area contributed by atoms with Crippen LogP contribution in [0, 0.1) is 5.92 Å². The summed E-state index contributed by atoms with van der Waals surface area (Å²) in [6, 6.07) is 3.44. The molecule has 2 aromatic rings. The summed E-state index contributed by atoms with van der Waals surface area (Å²) in [5, 5.41) is 8.92. The standard InChI is InChI=1S/C19H23N5O3S/c1-3-21-14-8-7-11(9-22-14)16(26)12-5-4-6-13-18(17(12)27)28-19(23-13)24-15(25)10-20-2/h7-9,12,20H,3-6,10H2,1-2H3,(H,21,22)(H,23,24,25). The first-order chi connectivity index (χ1) is 13.5. The largest absolute Gasteiger partial charge is 0.370 e. The van der Waals surface area contributed by atoms with Crippen molar-refractivity contribution in [2.24, 2.45) is 5.92 Å². The number of anilines is 2. The van der Waals surface area contributed by atoms with Crippen molar-refractivity contribution in [2.75, 3.05) is 30.8 Å². The number of likely N-dealkylation sites (N-methyl/N-ethyl adjacent to an activating group) is 1. The van der Waals surface area contributed by atoms with E-state index >= 15 is 0 Å². The third-order valence-corrected chi connectivity index (χ3v) is 5.48. The normalized spacial score (nSPS) is 16.2. The quantitative estimate of drug-likeness (QED) is 0.370. The number of carbonyl (C=O) groups is 3. The smallest absolute Gasteiger partial charge is 0.240 e. The second-order valence-electron chi connectivity index (χ2n) is 6.51. The number of hydrogen-bond donors (Lipinski definition) is 3. The van der Waals surface area contributed by atoms with Crippen molar-refractivity contribution in [1.29, 1.82) is 0 Å². The summed E-state index contributed by atoms with van der Waals surface area (Å²) in [6.45, 7) is 2.87. The van der Waals surface area contributed by atoms with Crippen molar-refractivity contribution in [3.05, 3.63) is 34.5 Å². The summed E-state index contributed by atoms with van der Waals surface area (Å²) < 4.78 is 0. The van der Waals surface area contributed by atoms with Gasteiger partial charge in [0, 0.05) is 18.3 Å². The zero-order chi connectivity index (χ0) is 20.1. The van der Waals surface area contributed by atoms with Crippen molar-refractivity contribution in [1.82, 2.24) is 15.3 Å². The van der Waals surface area contributed by atoms with E-state index in [1.165, 1.54) is 6.20 Å². The van der Waals surface area contributed by atoms with Crippen LogP contribution in [0.1, 0.15) is 45.5 Å². The van der Waals surface area contributed by atoms with Crippen LogP contribution < -0.4 is 16.0 Å². The highest BCUT2D eigenvalue weighted by molar-refractivity contribution is 7.17. The van der Waals surface area contributed by atoms with Crippen molar-refractivity contribution in [3.63, 3.8) is 0 Å². The zero-order valence-corrected chi connectivity index (χ0v) is 16.7. The number of fused-ring (bicyclic) bond motifs is 1. The molecule has 0 bridgehead atoms. The van der Waals surface area contributed by atoms with E-state index in [1.54, 1.807) is 19.2 Å². The summed E-state index contributed by atoms with van der Waals surface area (Å²) in [6.07, 6.45) is 3.29. The van der Waals surface area contributed by atoms with Gasteiger partial charge in [-0.2, -0.15) is 0 Å². The minimum atomic E-state index is -0.741. The van der Waals surface area contributed by atoms with Gasteiger partial charge >= 0.3 is 0 Å². The number of aryl methyl sites for hydroxylation is 1. The third kappa shape index (κ3) is 4.42. The van der Waals surface area contributed by atoms with Crippen molar-refractivity contribution in [3.8, 4) is 0 Å². The minimum absolute atomic E-state index is 0.162. The Labute approximate surface area is 167 Å². The van der Waals surface area contributed by atoms with Gasteiger partial charge in [-0.1, -0.05) is 11.3 Å². The SMILES string of the molecule is CCNc1ccc(C(=O)C2CCCc3nc(NC(=O)CNC)sc3C2=O)cn1. The fourth-order valence-electron chi connectivity index (χ4n) is 3.13. The lowest BCUT2D eigenvalue weighted by molar-refractivity contribution is -0.115. The van der Waals surface area contributed by atoms with E-state index in [0.29, 0.717) is 46.3 Å². The molecule has 1 aliphatic carbocycles. The zero-order valence-electron chi connectivity index (χ0n) is 15.9. The number of hydrogen-bond acceptors (Lipinski definition) is 8. The number of pyridine rings is 1. The number of thiazole rings is 1. The Morgan fingerprint density at radius 1 is 1.32 bits per heavy atom. The van der Waals surface area contributed by atoms with Crippen LogP contribution in [0.3, 0.4) is 0 Å². The molecule has 2 heterocycles. The Morgan fingerprint density at radius 2 is 2.14 bits per heavy atom. The Hall–Kier alpha value is -2.65. The molecule has 1 unspecified atom stereocenters. The van der Waals surface area contributed by atoms with Crippen molar-refractivity contribution < 1.29 is 14.4 Å². The highest BCUT2D eigenvalue weighted by Gasteiger charge is 2.34. The molecule has 8 nitrogen and oxygen atoms in total. The number of aromatic nitrogens is 2. The monoisotopic (exact) mass is 401 g/mol. The van der Waals surface area contributed by atoms with Crippen LogP contribution in [0.2, 0.25) is 0 Å². The number of ketones is 2. The van der Waals surface area contributed by atoms with Gasteiger partial charge in [0.05, 0.1) is 23.0 Å². The van der Waals surface area contributed by atoms with Crippen LogP contribution in [-0.2, 0) is 11.2 Å². The Morgan fingerprint density at radius 3 is 2.82 bits per heavy atom. The number of nitrogens with zero attached hydrogens (tertiary/aromatic N) is 2. The van der Waals surface area contributed by atoms with Gasteiger partial charge in [0.15, 0.2) is 16.7 Å². The third-order valence-electron chi connectivity index (χ3n) is 4.45. The average molecular weight is 401 g/mol. The van der Waals surface area contributed by atoms with Crippen LogP contribution in [0.15, 0.2) is 18.3 Å². The molecule has 0 spiro atoms. The van der Waals surface area contributed by atoms with Gasteiger partial charge in [0.2, 0.25) is 5.91 Å². The van der Waals surface area contributed by atoms with E-state index in [1.807, 2.05) is 6.92 Å². The Balaban J connectivity index is 1.79. The first-order valence-corrected chi connectivity index (χ1v) is 10.1.